The van der Waals surface area contributed by atoms with Crippen molar-refractivity contribution in [2.75, 3.05) is 13.7 Å². The zero-order chi connectivity index (χ0) is 19.4. The van der Waals surface area contributed by atoms with Crippen molar-refractivity contribution in [1.82, 2.24) is 10.2 Å². The summed E-state index contributed by atoms with van der Waals surface area (Å²) in [6.45, 7) is 1.44. The highest BCUT2D eigenvalue weighted by atomic mass is 16.5. The van der Waals surface area contributed by atoms with E-state index >= 15 is 0 Å². The fourth-order valence-corrected chi connectivity index (χ4v) is 3.11. The third-order valence-corrected chi connectivity index (χ3v) is 4.82. The quantitative estimate of drug-likeness (QED) is 0.604. The van der Waals surface area contributed by atoms with E-state index in [1.165, 1.54) is 0 Å². The van der Waals surface area contributed by atoms with Crippen LogP contribution in [-0.2, 0) is 11.2 Å². The lowest BCUT2D eigenvalue weighted by Crippen LogP contribution is -2.44. The highest BCUT2D eigenvalue weighted by Gasteiger charge is 2.47. The maximum atomic E-state index is 12.8. The van der Waals surface area contributed by atoms with Crippen molar-refractivity contribution < 1.29 is 19.1 Å². The summed E-state index contributed by atoms with van der Waals surface area (Å²) in [6.07, 6.45) is 1.06. The van der Waals surface area contributed by atoms with E-state index in [0.29, 0.717) is 18.4 Å². The predicted molar refractivity (Wildman–Crippen MR) is 101 cm³/mol. The van der Waals surface area contributed by atoms with Crippen LogP contribution in [0.15, 0.2) is 54.6 Å². The Hall–Kier alpha value is -3.15. The fourth-order valence-electron chi connectivity index (χ4n) is 3.11. The Balaban J connectivity index is 1.65. The Morgan fingerprint density at radius 3 is 2.37 bits per heavy atom. The van der Waals surface area contributed by atoms with Gasteiger partial charge in [0.25, 0.3) is 5.91 Å². The lowest BCUT2D eigenvalue weighted by atomic mass is 9.93. The average molecular weight is 366 g/mol. The number of Topliss-reactive ketones (excluding diaryl/α,β-unsaturated/α-hetero) is 1. The van der Waals surface area contributed by atoms with E-state index < -0.39 is 11.6 Å². The molecule has 3 rings (SSSR count). The molecule has 2 aromatic rings. The Morgan fingerprint density at radius 1 is 1.07 bits per heavy atom. The van der Waals surface area contributed by atoms with Gasteiger partial charge in [0.1, 0.15) is 11.3 Å². The number of carbonyl (C=O) groups is 3. The van der Waals surface area contributed by atoms with E-state index in [0.717, 1.165) is 16.2 Å². The van der Waals surface area contributed by atoms with Gasteiger partial charge in [-0.2, -0.15) is 0 Å². The van der Waals surface area contributed by atoms with Gasteiger partial charge in [-0.3, -0.25) is 14.5 Å². The standard InChI is InChI=1S/C21H22N2O4/c1-21(13-12-15-8-10-17(27-2)11-9-15)19(25)23(20(26)22-21)14-18(24)16-6-4-3-5-7-16/h3-11H,12-14H2,1-2H3,(H,22,26)/t21-/m0/s1. The van der Waals surface area contributed by atoms with Crippen molar-refractivity contribution in [3.63, 3.8) is 0 Å². The van der Waals surface area contributed by atoms with Crippen LogP contribution >= 0.6 is 0 Å². The SMILES string of the molecule is COc1ccc(CC[C@]2(C)NC(=O)N(CC(=O)c3ccccc3)C2=O)cc1. The molecule has 140 valence electrons. The fraction of sp³-hybridized carbons (Fsp3) is 0.286. The van der Waals surface area contributed by atoms with Gasteiger partial charge in [-0.1, -0.05) is 42.5 Å². The average Bonchev–Trinajstić information content (AvgIpc) is 2.91. The zero-order valence-electron chi connectivity index (χ0n) is 15.4. The van der Waals surface area contributed by atoms with Gasteiger partial charge in [-0.15, -0.1) is 0 Å². The molecule has 1 saturated heterocycles. The molecule has 0 saturated carbocycles. The largest absolute Gasteiger partial charge is 0.497 e. The number of rotatable bonds is 7. The Kier molecular flexibility index (Phi) is 5.26. The molecule has 6 heteroatoms. The number of aryl methyl sites for hydroxylation is 1. The van der Waals surface area contributed by atoms with Crippen LogP contribution in [0, 0.1) is 0 Å². The Morgan fingerprint density at radius 2 is 1.74 bits per heavy atom. The van der Waals surface area contributed by atoms with Crippen LogP contribution in [-0.4, -0.2) is 41.8 Å². The molecule has 1 aliphatic heterocycles. The molecule has 0 bridgehead atoms. The number of ketones is 1. The van der Waals surface area contributed by atoms with Gasteiger partial charge in [-0.05, 0) is 37.5 Å². The second-order valence-electron chi connectivity index (χ2n) is 6.79. The van der Waals surface area contributed by atoms with Crippen molar-refractivity contribution in [2.45, 2.75) is 25.3 Å². The minimum Gasteiger partial charge on any atom is -0.497 e. The van der Waals surface area contributed by atoms with Crippen LogP contribution in [0.2, 0.25) is 0 Å². The van der Waals surface area contributed by atoms with Crippen LogP contribution in [0.3, 0.4) is 0 Å². The first-order valence-electron chi connectivity index (χ1n) is 8.78. The van der Waals surface area contributed by atoms with E-state index in [1.54, 1.807) is 44.4 Å². The van der Waals surface area contributed by atoms with Gasteiger partial charge < -0.3 is 10.1 Å². The zero-order valence-corrected chi connectivity index (χ0v) is 15.4. The number of amides is 3. The predicted octanol–water partition coefficient (Wildman–Crippen LogP) is 2.82. The third kappa shape index (κ3) is 4.00. The van der Waals surface area contributed by atoms with Crippen LogP contribution < -0.4 is 10.1 Å². The summed E-state index contributed by atoms with van der Waals surface area (Å²) in [7, 11) is 1.61. The maximum Gasteiger partial charge on any atom is 0.325 e. The van der Waals surface area contributed by atoms with E-state index in [9.17, 15) is 14.4 Å². The molecule has 1 aliphatic rings. The second kappa shape index (κ2) is 7.61. The second-order valence-corrected chi connectivity index (χ2v) is 6.79. The molecule has 1 N–H and O–H groups in total. The Labute approximate surface area is 158 Å². The smallest absolute Gasteiger partial charge is 0.325 e. The van der Waals surface area contributed by atoms with E-state index in [1.807, 2.05) is 24.3 Å². The molecule has 2 aromatic carbocycles. The molecule has 0 aromatic heterocycles. The summed E-state index contributed by atoms with van der Waals surface area (Å²) in [5.41, 5.74) is 0.497. The molecule has 6 nitrogen and oxygen atoms in total. The molecule has 27 heavy (non-hydrogen) atoms. The minimum atomic E-state index is -1.02. The number of ether oxygens (including phenoxy) is 1. The topological polar surface area (TPSA) is 75.7 Å². The number of hydrogen-bond acceptors (Lipinski definition) is 4. The van der Waals surface area contributed by atoms with Crippen LogP contribution in [0.4, 0.5) is 4.79 Å². The molecule has 0 radical (unpaired) electrons. The molecule has 1 heterocycles. The van der Waals surface area contributed by atoms with Gasteiger partial charge in [0.2, 0.25) is 0 Å². The third-order valence-electron chi connectivity index (χ3n) is 4.82. The number of carbonyl (C=O) groups excluding carboxylic acids is 3. The van der Waals surface area contributed by atoms with Crippen LogP contribution in [0.25, 0.3) is 0 Å². The lowest BCUT2D eigenvalue weighted by molar-refractivity contribution is -0.130. The number of imide groups is 1. The summed E-state index contributed by atoms with van der Waals surface area (Å²) < 4.78 is 5.14. The highest BCUT2D eigenvalue weighted by Crippen LogP contribution is 2.24. The van der Waals surface area contributed by atoms with E-state index in [4.69, 9.17) is 4.74 Å². The number of benzene rings is 2. The van der Waals surface area contributed by atoms with Gasteiger partial charge >= 0.3 is 6.03 Å². The van der Waals surface area contributed by atoms with Crippen molar-refractivity contribution in [2.24, 2.45) is 0 Å². The molecule has 3 amide bonds. The molecule has 0 aliphatic carbocycles. The first-order valence-corrected chi connectivity index (χ1v) is 8.78. The van der Waals surface area contributed by atoms with Gasteiger partial charge in [0.15, 0.2) is 5.78 Å². The van der Waals surface area contributed by atoms with Crippen molar-refractivity contribution in [1.29, 1.82) is 0 Å². The first kappa shape index (κ1) is 18.6. The number of methoxy groups -OCH3 is 1. The summed E-state index contributed by atoms with van der Waals surface area (Å²) in [6, 6.07) is 15.7. The summed E-state index contributed by atoms with van der Waals surface area (Å²) in [5, 5.41) is 2.74. The summed E-state index contributed by atoms with van der Waals surface area (Å²) in [5.74, 6) is 0.129. The van der Waals surface area contributed by atoms with Crippen molar-refractivity contribution >= 4 is 17.7 Å². The van der Waals surface area contributed by atoms with Crippen molar-refractivity contribution in [3.8, 4) is 5.75 Å². The van der Waals surface area contributed by atoms with Gasteiger partial charge in [0.05, 0.1) is 13.7 Å². The molecular weight excluding hydrogens is 344 g/mol. The van der Waals surface area contributed by atoms with Gasteiger partial charge in [-0.25, -0.2) is 4.79 Å². The minimum absolute atomic E-state index is 0.257. The number of urea groups is 1. The monoisotopic (exact) mass is 366 g/mol. The molecule has 1 atom stereocenters. The maximum absolute atomic E-state index is 12.8. The number of nitrogens with one attached hydrogen (secondary N) is 1. The molecule has 0 spiro atoms. The van der Waals surface area contributed by atoms with Gasteiger partial charge in [0, 0.05) is 5.56 Å². The molecular formula is C21H22N2O4. The van der Waals surface area contributed by atoms with Crippen LogP contribution in [0.5, 0.6) is 5.75 Å². The van der Waals surface area contributed by atoms with Crippen molar-refractivity contribution in [3.05, 3.63) is 65.7 Å². The van der Waals surface area contributed by atoms with E-state index in [-0.39, 0.29) is 18.2 Å². The lowest BCUT2D eigenvalue weighted by Gasteiger charge is -2.21. The number of nitrogens with zero attached hydrogens (tertiary/aromatic N) is 1. The normalized spacial score (nSPS) is 19.1. The summed E-state index contributed by atoms with van der Waals surface area (Å²) in [4.78, 5) is 38.4. The molecule has 1 fully saturated rings. The van der Waals surface area contributed by atoms with E-state index in [2.05, 4.69) is 5.32 Å². The summed E-state index contributed by atoms with van der Waals surface area (Å²) >= 11 is 0. The molecule has 0 unspecified atom stereocenters. The highest BCUT2D eigenvalue weighted by molar-refractivity contribution is 6.11. The Bertz CT molecular complexity index is 848. The van der Waals surface area contributed by atoms with Crippen LogP contribution in [0.1, 0.15) is 29.3 Å². The number of hydrogen-bond donors (Lipinski definition) is 1. The first-order chi connectivity index (χ1) is 12.9.